The average Bonchev–Trinajstić information content (AvgIpc) is 2.03. The van der Waals surface area contributed by atoms with Crippen molar-refractivity contribution in [1.29, 1.82) is 0 Å². The summed E-state index contributed by atoms with van der Waals surface area (Å²) in [5, 5.41) is 17.2. The summed E-state index contributed by atoms with van der Waals surface area (Å²) in [7, 11) is 0. The molecule has 0 amide bonds. The third-order valence-corrected chi connectivity index (χ3v) is 1.31. The molecule has 13 heavy (non-hydrogen) atoms. The third-order valence-electron chi connectivity index (χ3n) is 1.31. The molecule has 0 atom stereocenters. The van der Waals surface area contributed by atoms with Crippen LogP contribution in [0, 0.1) is 0 Å². The minimum absolute atomic E-state index is 0. The zero-order chi connectivity index (χ0) is 8.97. The Morgan fingerprint density at radius 1 is 1.31 bits per heavy atom. The molecular formula is C9H9KO3. The van der Waals surface area contributed by atoms with E-state index in [9.17, 15) is 4.79 Å². The van der Waals surface area contributed by atoms with E-state index in [4.69, 9.17) is 10.2 Å². The van der Waals surface area contributed by atoms with Gasteiger partial charge in [0.15, 0.2) is 0 Å². The fraction of sp³-hybridized carbons (Fsp3) is 0. The molecule has 1 aromatic carbocycles. The summed E-state index contributed by atoms with van der Waals surface area (Å²) >= 11 is 0. The Hall–Kier alpha value is -0.134. The molecule has 2 N–H and O–H groups in total. The maximum Gasteiger partial charge on any atom is 1.00 e. The fourth-order valence-electron chi connectivity index (χ4n) is 0.753. The van der Waals surface area contributed by atoms with Crippen molar-refractivity contribution in [3.63, 3.8) is 0 Å². The maximum absolute atomic E-state index is 10.1. The van der Waals surface area contributed by atoms with Gasteiger partial charge in [-0.25, -0.2) is 4.79 Å². The standard InChI is InChI=1S/C9H8O3.K.H/c10-8-4-1-7(2-5-8)3-6-9(11)12;;/h1-6,10H,(H,11,12);;/q;+1;-1/b6-3+;;. The van der Waals surface area contributed by atoms with Crippen molar-refractivity contribution >= 4 is 12.0 Å². The number of aromatic hydroxyl groups is 1. The van der Waals surface area contributed by atoms with Crippen molar-refractivity contribution in [2.24, 2.45) is 0 Å². The molecule has 0 aliphatic rings. The van der Waals surface area contributed by atoms with Crippen LogP contribution >= 0.6 is 0 Å². The van der Waals surface area contributed by atoms with Gasteiger partial charge in [0.25, 0.3) is 0 Å². The van der Waals surface area contributed by atoms with Crippen molar-refractivity contribution < 1.29 is 67.8 Å². The first-order valence-corrected chi connectivity index (χ1v) is 3.38. The number of carbonyl (C=O) groups is 1. The van der Waals surface area contributed by atoms with Crippen LogP contribution in [0.4, 0.5) is 0 Å². The van der Waals surface area contributed by atoms with Crippen molar-refractivity contribution in [2.45, 2.75) is 0 Å². The SMILES string of the molecule is O=C(O)/C=C/c1ccc(O)cc1.[H-].[K+]. The van der Waals surface area contributed by atoms with Crippen molar-refractivity contribution in [2.75, 3.05) is 0 Å². The van der Waals surface area contributed by atoms with E-state index in [1.165, 1.54) is 18.2 Å². The van der Waals surface area contributed by atoms with Gasteiger partial charge in [-0.05, 0) is 23.8 Å². The number of hydrogen-bond acceptors (Lipinski definition) is 2. The first kappa shape index (κ1) is 12.9. The summed E-state index contributed by atoms with van der Waals surface area (Å²) in [6.07, 6.45) is 2.51. The van der Waals surface area contributed by atoms with Crippen LogP contribution in [0.2, 0.25) is 0 Å². The number of phenolic OH excluding ortho intramolecular Hbond substituents is 1. The Morgan fingerprint density at radius 3 is 2.31 bits per heavy atom. The smallest absolute Gasteiger partial charge is 1.00 e. The van der Waals surface area contributed by atoms with Crippen LogP contribution < -0.4 is 51.4 Å². The summed E-state index contributed by atoms with van der Waals surface area (Å²) in [6.45, 7) is 0. The largest absolute Gasteiger partial charge is 1.00 e. The van der Waals surface area contributed by atoms with Gasteiger partial charge in [0.2, 0.25) is 0 Å². The number of carboxylic acids is 1. The van der Waals surface area contributed by atoms with E-state index >= 15 is 0 Å². The summed E-state index contributed by atoms with van der Waals surface area (Å²) in [4.78, 5) is 10.1. The summed E-state index contributed by atoms with van der Waals surface area (Å²) in [5.41, 5.74) is 0.746. The zero-order valence-electron chi connectivity index (χ0n) is 8.27. The van der Waals surface area contributed by atoms with Gasteiger partial charge < -0.3 is 11.6 Å². The van der Waals surface area contributed by atoms with Crippen LogP contribution in [0.15, 0.2) is 30.3 Å². The monoisotopic (exact) mass is 204 g/mol. The second-order valence-electron chi connectivity index (χ2n) is 2.26. The zero-order valence-corrected chi connectivity index (χ0v) is 10.4. The quantitative estimate of drug-likeness (QED) is 0.460. The molecule has 0 aliphatic heterocycles. The van der Waals surface area contributed by atoms with E-state index in [1.54, 1.807) is 12.1 Å². The minimum Gasteiger partial charge on any atom is -1.00 e. The minimum atomic E-state index is -0.983. The van der Waals surface area contributed by atoms with Gasteiger partial charge in [0.05, 0.1) is 0 Å². The molecular weight excluding hydrogens is 195 g/mol. The summed E-state index contributed by atoms with van der Waals surface area (Å²) in [6, 6.07) is 6.27. The number of carboxylic acid groups (broad SMARTS) is 1. The Morgan fingerprint density at radius 2 is 1.85 bits per heavy atom. The van der Waals surface area contributed by atoms with Crippen LogP contribution in [0.5, 0.6) is 5.75 Å². The first-order valence-electron chi connectivity index (χ1n) is 3.38. The molecule has 0 radical (unpaired) electrons. The third kappa shape index (κ3) is 5.23. The van der Waals surface area contributed by atoms with Crippen molar-refractivity contribution in [1.82, 2.24) is 0 Å². The van der Waals surface area contributed by atoms with Gasteiger partial charge in [0, 0.05) is 6.08 Å². The molecule has 0 heterocycles. The van der Waals surface area contributed by atoms with Crippen LogP contribution in [-0.2, 0) is 4.79 Å². The van der Waals surface area contributed by atoms with Crippen LogP contribution in [0.1, 0.15) is 6.99 Å². The van der Waals surface area contributed by atoms with Gasteiger partial charge in [-0.1, -0.05) is 12.1 Å². The summed E-state index contributed by atoms with van der Waals surface area (Å²) in [5.74, 6) is -0.814. The molecule has 0 unspecified atom stereocenters. The molecule has 3 nitrogen and oxygen atoms in total. The van der Waals surface area contributed by atoms with E-state index in [1.807, 2.05) is 0 Å². The summed E-state index contributed by atoms with van der Waals surface area (Å²) < 4.78 is 0. The number of aliphatic carboxylic acids is 1. The number of hydrogen-bond donors (Lipinski definition) is 2. The van der Waals surface area contributed by atoms with E-state index in [2.05, 4.69) is 0 Å². The molecule has 0 spiro atoms. The van der Waals surface area contributed by atoms with Gasteiger partial charge >= 0.3 is 57.4 Å². The predicted octanol–water partition coefficient (Wildman–Crippen LogP) is -1.39. The molecule has 0 aromatic heterocycles. The normalized spacial score (nSPS) is 9.54. The molecule has 4 heteroatoms. The number of phenols is 1. The molecule has 0 bridgehead atoms. The van der Waals surface area contributed by atoms with Crippen molar-refractivity contribution in [3.8, 4) is 5.75 Å². The van der Waals surface area contributed by atoms with E-state index < -0.39 is 5.97 Å². The van der Waals surface area contributed by atoms with Gasteiger partial charge in [0.1, 0.15) is 5.75 Å². The molecule has 1 rings (SSSR count). The van der Waals surface area contributed by atoms with Crippen LogP contribution in [-0.4, -0.2) is 16.2 Å². The Bertz CT molecular complexity index is 308. The molecule has 0 saturated carbocycles. The Kier molecular flexibility index (Phi) is 6.27. The maximum atomic E-state index is 10.1. The Balaban J connectivity index is 0. The molecule has 64 valence electrons. The predicted molar refractivity (Wildman–Crippen MR) is 45.9 cm³/mol. The first-order chi connectivity index (χ1) is 5.68. The fourth-order valence-corrected chi connectivity index (χ4v) is 0.753. The van der Waals surface area contributed by atoms with E-state index in [0.717, 1.165) is 11.6 Å². The Labute approximate surface area is 120 Å². The second kappa shape index (κ2) is 6.34. The molecule has 0 aliphatic carbocycles. The molecule has 0 fully saturated rings. The average molecular weight is 204 g/mol. The molecule has 0 saturated heterocycles. The van der Waals surface area contributed by atoms with Gasteiger partial charge in [-0.15, -0.1) is 0 Å². The topological polar surface area (TPSA) is 57.5 Å². The van der Waals surface area contributed by atoms with Gasteiger partial charge in [-0.3, -0.25) is 0 Å². The van der Waals surface area contributed by atoms with Crippen LogP contribution in [0.3, 0.4) is 0 Å². The number of rotatable bonds is 2. The second-order valence-corrected chi connectivity index (χ2v) is 2.26. The molecule has 1 aromatic rings. The van der Waals surface area contributed by atoms with Crippen molar-refractivity contribution in [3.05, 3.63) is 35.9 Å². The van der Waals surface area contributed by atoms with E-state index in [0.29, 0.717) is 0 Å². The van der Waals surface area contributed by atoms with E-state index in [-0.39, 0.29) is 58.6 Å². The number of benzene rings is 1. The van der Waals surface area contributed by atoms with Crippen LogP contribution in [0.25, 0.3) is 6.08 Å². The van der Waals surface area contributed by atoms with Gasteiger partial charge in [-0.2, -0.15) is 0 Å².